The third-order valence-corrected chi connectivity index (χ3v) is 3.49. The monoisotopic (exact) mass is 372 g/mol. The summed E-state index contributed by atoms with van der Waals surface area (Å²) in [5.41, 5.74) is -0.728. The van der Waals surface area contributed by atoms with Crippen LogP contribution in [0.1, 0.15) is 17.8 Å². The summed E-state index contributed by atoms with van der Waals surface area (Å²) in [5.74, 6) is -0.400. The van der Waals surface area contributed by atoms with Gasteiger partial charge in [-0.3, -0.25) is 19.6 Å². The lowest BCUT2D eigenvalue weighted by atomic mass is 10.2. The number of ether oxygens (including phenoxy) is 1. The summed E-state index contributed by atoms with van der Waals surface area (Å²) in [6.45, 7) is 1.41. The molecule has 2 rings (SSSR count). The highest BCUT2D eigenvalue weighted by Crippen LogP contribution is 2.30. The molecule has 1 aromatic carbocycles. The first kappa shape index (κ1) is 19.2. The molecular weight excluding hydrogens is 357 g/mol. The van der Waals surface area contributed by atoms with Crippen molar-refractivity contribution >= 4 is 17.3 Å². The smallest absolute Gasteiger partial charge is 0.435 e. The van der Waals surface area contributed by atoms with E-state index in [0.717, 1.165) is 16.8 Å². The van der Waals surface area contributed by atoms with Gasteiger partial charge >= 0.3 is 6.18 Å². The number of carbonyl (C=O) groups is 1. The molecule has 1 aromatic heterocycles. The molecule has 0 fully saturated rings. The van der Waals surface area contributed by atoms with Crippen molar-refractivity contribution in [1.82, 2.24) is 9.78 Å². The van der Waals surface area contributed by atoms with Crippen molar-refractivity contribution in [1.29, 1.82) is 0 Å². The highest BCUT2D eigenvalue weighted by Gasteiger charge is 2.34. The van der Waals surface area contributed by atoms with Gasteiger partial charge in [0.2, 0.25) is 5.91 Å². The van der Waals surface area contributed by atoms with Gasteiger partial charge in [-0.15, -0.1) is 0 Å². The van der Waals surface area contributed by atoms with Crippen LogP contribution in [0.25, 0.3) is 0 Å². The van der Waals surface area contributed by atoms with E-state index in [-0.39, 0.29) is 35.8 Å². The van der Waals surface area contributed by atoms with Crippen molar-refractivity contribution in [3.63, 3.8) is 0 Å². The van der Waals surface area contributed by atoms with E-state index in [1.54, 1.807) is 0 Å². The van der Waals surface area contributed by atoms with Gasteiger partial charge in [0.25, 0.3) is 5.69 Å². The molecule has 0 saturated heterocycles. The summed E-state index contributed by atoms with van der Waals surface area (Å²) in [5, 5.41) is 16.7. The Bertz CT molecular complexity index is 833. The topological polar surface area (TPSA) is 99.3 Å². The van der Waals surface area contributed by atoms with Crippen molar-refractivity contribution < 1.29 is 27.6 Å². The van der Waals surface area contributed by atoms with E-state index in [4.69, 9.17) is 4.74 Å². The molecule has 0 spiro atoms. The number of rotatable bonds is 6. The Morgan fingerprint density at radius 1 is 1.38 bits per heavy atom. The molecule has 8 nitrogen and oxygen atoms in total. The molecule has 0 aliphatic rings. The second kappa shape index (κ2) is 7.42. The highest BCUT2D eigenvalue weighted by molar-refractivity contribution is 5.92. The number of alkyl halides is 3. The van der Waals surface area contributed by atoms with Gasteiger partial charge in [-0.25, -0.2) is 0 Å². The van der Waals surface area contributed by atoms with Crippen LogP contribution in [-0.4, -0.2) is 27.7 Å². The van der Waals surface area contributed by atoms with Crippen LogP contribution < -0.4 is 10.1 Å². The van der Waals surface area contributed by atoms with Gasteiger partial charge in [0.05, 0.1) is 23.8 Å². The van der Waals surface area contributed by atoms with Crippen LogP contribution >= 0.6 is 0 Å². The largest absolute Gasteiger partial charge is 0.494 e. The van der Waals surface area contributed by atoms with Crippen LogP contribution in [0.15, 0.2) is 24.3 Å². The van der Waals surface area contributed by atoms with E-state index >= 15 is 0 Å². The molecule has 1 N–H and O–H groups in total. The van der Waals surface area contributed by atoms with Crippen LogP contribution in [-0.2, 0) is 17.5 Å². The number of non-ortho nitro benzene ring substituents is 1. The zero-order valence-corrected chi connectivity index (χ0v) is 13.8. The third kappa shape index (κ3) is 4.49. The Morgan fingerprint density at radius 2 is 2.08 bits per heavy atom. The van der Waals surface area contributed by atoms with E-state index < -0.39 is 22.7 Å². The van der Waals surface area contributed by atoms with E-state index in [0.29, 0.717) is 0 Å². The van der Waals surface area contributed by atoms with Gasteiger partial charge < -0.3 is 10.1 Å². The number of nitro groups is 1. The van der Waals surface area contributed by atoms with Crippen LogP contribution in [0.5, 0.6) is 5.75 Å². The van der Waals surface area contributed by atoms with Crippen molar-refractivity contribution in [2.45, 2.75) is 26.1 Å². The van der Waals surface area contributed by atoms with E-state index in [1.807, 2.05) is 0 Å². The molecular formula is C15H15F3N4O4. The first-order valence-electron chi connectivity index (χ1n) is 7.35. The fraction of sp³-hybridized carbons (Fsp3) is 0.333. The number of aryl methyl sites for hydroxylation is 2. The normalized spacial score (nSPS) is 11.3. The summed E-state index contributed by atoms with van der Waals surface area (Å²) in [7, 11) is 1.29. The number of methoxy groups -OCH3 is 1. The molecule has 2 aromatic rings. The first-order valence-corrected chi connectivity index (χ1v) is 7.35. The van der Waals surface area contributed by atoms with E-state index in [2.05, 4.69) is 10.4 Å². The quantitative estimate of drug-likeness (QED) is 0.620. The summed E-state index contributed by atoms with van der Waals surface area (Å²) in [6.07, 6.45) is -4.69. The van der Waals surface area contributed by atoms with Gasteiger partial charge in [0, 0.05) is 24.7 Å². The maximum absolute atomic E-state index is 12.6. The molecule has 0 unspecified atom stereocenters. The minimum atomic E-state index is -4.55. The number of benzene rings is 1. The summed E-state index contributed by atoms with van der Waals surface area (Å²) < 4.78 is 44.0. The molecule has 0 aliphatic carbocycles. The van der Waals surface area contributed by atoms with Crippen LogP contribution in [0.2, 0.25) is 0 Å². The number of nitrogens with zero attached hydrogens (tertiary/aromatic N) is 3. The molecule has 0 atom stereocenters. The van der Waals surface area contributed by atoms with Crippen molar-refractivity contribution in [2.75, 3.05) is 12.4 Å². The second-order valence-electron chi connectivity index (χ2n) is 5.33. The molecule has 1 amide bonds. The lowest BCUT2D eigenvalue weighted by Crippen LogP contribution is -2.16. The maximum atomic E-state index is 12.6. The lowest BCUT2D eigenvalue weighted by molar-refractivity contribution is -0.384. The third-order valence-electron chi connectivity index (χ3n) is 3.49. The Morgan fingerprint density at radius 3 is 2.62 bits per heavy atom. The van der Waals surface area contributed by atoms with Crippen molar-refractivity contribution in [3.05, 3.63) is 45.8 Å². The van der Waals surface area contributed by atoms with E-state index in [9.17, 15) is 28.1 Å². The number of nitro benzene ring substituents is 1. The number of halogens is 3. The number of hydrogen-bond donors (Lipinski definition) is 1. The minimum Gasteiger partial charge on any atom is -0.494 e. The van der Waals surface area contributed by atoms with Gasteiger partial charge in [0.1, 0.15) is 5.75 Å². The summed E-state index contributed by atoms with van der Waals surface area (Å²) in [6, 6.07) is 4.57. The maximum Gasteiger partial charge on any atom is 0.435 e. The average Bonchev–Trinajstić information content (AvgIpc) is 2.94. The van der Waals surface area contributed by atoms with Crippen LogP contribution in [0, 0.1) is 17.0 Å². The van der Waals surface area contributed by atoms with Gasteiger partial charge in [-0.05, 0) is 19.1 Å². The molecule has 0 radical (unpaired) electrons. The zero-order chi connectivity index (χ0) is 19.5. The fourth-order valence-corrected chi connectivity index (χ4v) is 2.19. The number of aromatic nitrogens is 2. The Balaban J connectivity index is 2.04. The van der Waals surface area contributed by atoms with Crippen molar-refractivity contribution in [3.8, 4) is 5.75 Å². The predicted molar refractivity (Wildman–Crippen MR) is 84.9 cm³/mol. The summed E-state index contributed by atoms with van der Waals surface area (Å²) in [4.78, 5) is 22.2. The molecule has 140 valence electrons. The fourth-order valence-electron chi connectivity index (χ4n) is 2.19. The van der Waals surface area contributed by atoms with E-state index in [1.165, 1.54) is 26.2 Å². The standard InChI is InChI=1S/C15H15F3N4O4/c1-9-7-13(15(16,17)18)20-21(9)6-5-14(23)19-11-4-3-10(22(24)25)8-12(11)26-2/h3-4,7-8H,5-6H2,1-2H3,(H,19,23). The number of hydrogen-bond acceptors (Lipinski definition) is 5. The zero-order valence-electron chi connectivity index (χ0n) is 13.8. The number of nitrogens with one attached hydrogen (secondary N) is 1. The number of carbonyl (C=O) groups excluding carboxylic acids is 1. The van der Waals surface area contributed by atoms with Crippen molar-refractivity contribution in [2.24, 2.45) is 0 Å². The Hall–Kier alpha value is -3.11. The molecule has 0 saturated carbocycles. The van der Waals surface area contributed by atoms with Gasteiger partial charge in [-0.1, -0.05) is 0 Å². The van der Waals surface area contributed by atoms with Crippen LogP contribution in [0.4, 0.5) is 24.5 Å². The number of anilines is 1. The number of amides is 1. The molecule has 0 bridgehead atoms. The van der Waals surface area contributed by atoms with Crippen LogP contribution in [0.3, 0.4) is 0 Å². The Kier molecular flexibility index (Phi) is 5.48. The Labute approximate surface area is 145 Å². The van der Waals surface area contributed by atoms with Gasteiger partial charge in [-0.2, -0.15) is 18.3 Å². The first-order chi connectivity index (χ1) is 12.1. The second-order valence-corrected chi connectivity index (χ2v) is 5.33. The molecule has 0 aliphatic heterocycles. The molecule has 11 heteroatoms. The highest BCUT2D eigenvalue weighted by atomic mass is 19.4. The predicted octanol–water partition coefficient (Wildman–Crippen LogP) is 3.16. The molecule has 26 heavy (non-hydrogen) atoms. The lowest BCUT2D eigenvalue weighted by Gasteiger charge is -2.10. The summed E-state index contributed by atoms with van der Waals surface area (Å²) >= 11 is 0. The molecule has 1 heterocycles. The average molecular weight is 372 g/mol. The SMILES string of the molecule is COc1cc([N+](=O)[O-])ccc1NC(=O)CCn1nc(C(F)(F)F)cc1C. The van der Waals surface area contributed by atoms with Gasteiger partial charge in [0.15, 0.2) is 5.69 Å². The minimum absolute atomic E-state index is 0.0525.